The molecule has 1 aliphatic rings. The van der Waals surface area contributed by atoms with E-state index in [9.17, 15) is 25.2 Å². The predicted molar refractivity (Wildman–Crippen MR) is 284 cm³/mol. The predicted octanol–water partition coefficient (Wildman–Crippen LogP) is 14.6. The molecule has 1 fully saturated rings. The molecule has 396 valence electrons. The van der Waals surface area contributed by atoms with E-state index in [1.165, 1.54) is 161 Å². The van der Waals surface area contributed by atoms with Crippen LogP contribution in [0.2, 0.25) is 0 Å². The van der Waals surface area contributed by atoms with Crippen LogP contribution in [0, 0.1) is 0 Å². The van der Waals surface area contributed by atoms with Crippen LogP contribution in [0.3, 0.4) is 0 Å². The average Bonchev–Trinajstić information content (AvgIpc) is 3.34. The van der Waals surface area contributed by atoms with Crippen molar-refractivity contribution in [2.75, 3.05) is 26.4 Å². The molecule has 6 atom stereocenters. The first-order valence-corrected chi connectivity index (χ1v) is 28.4. The molecule has 0 amide bonds. The van der Waals surface area contributed by atoms with Crippen LogP contribution in [-0.2, 0) is 23.7 Å². The summed E-state index contributed by atoms with van der Waals surface area (Å²) in [5.41, 5.74) is 0. The number of unbranched alkanes of at least 4 members (excludes halogenated alkanes) is 28. The zero-order valence-corrected chi connectivity index (χ0v) is 43.9. The Balaban J connectivity index is 2.16. The Bertz CT molecular complexity index is 1230. The summed E-state index contributed by atoms with van der Waals surface area (Å²) in [5.74, 6) is -0.320. The first kappa shape index (κ1) is 63.9. The molecular weight excluding hydrogens is 853 g/mol. The van der Waals surface area contributed by atoms with Crippen LogP contribution in [0.1, 0.15) is 245 Å². The molecule has 9 heteroatoms. The molecule has 0 saturated carbocycles. The Morgan fingerprint density at radius 2 is 0.897 bits per heavy atom. The number of allylic oxidation sites excluding steroid dienone is 10. The van der Waals surface area contributed by atoms with Crippen LogP contribution >= 0.6 is 0 Å². The normalized spacial score (nSPS) is 19.5. The number of esters is 1. The Labute approximate surface area is 417 Å². The summed E-state index contributed by atoms with van der Waals surface area (Å²) in [7, 11) is 0. The summed E-state index contributed by atoms with van der Waals surface area (Å²) < 4.78 is 23.0. The smallest absolute Gasteiger partial charge is 0.306 e. The summed E-state index contributed by atoms with van der Waals surface area (Å²) in [6.45, 7) is 4.47. The number of ether oxygens (including phenoxy) is 4. The molecule has 1 rings (SSSR count). The molecule has 9 nitrogen and oxygen atoms in total. The van der Waals surface area contributed by atoms with Crippen molar-refractivity contribution in [2.45, 2.75) is 282 Å². The van der Waals surface area contributed by atoms with Crippen molar-refractivity contribution in [3.63, 3.8) is 0 Å². The lowest BCUT2D eigenvalue weighted by Crippen LogP contribution is -2.59. The van der Waals surface area contributed by atoms with Gasteiger partial charge in [0, 0.05) is 13.0 Å². The van der Waals surface area contributed by atoms with E-state index in [0.29, 0.717) is 13.0 Å². The number of hydrogen-bond donors (Lipinski definition) is 4. The third-order valence-electron chi connectivity index (χ3n) is 12.9. The molecule has 1 aliphatic heterocycles. The second-order valence-electron chi connectivity index (χ2n) is 19.4. The van der Waals surface area contributed by atoms with E-state index in [4.69, 9.17) is 18.9 Å². The topological polar surface area (TPSA) is 135 Å². The number of aliphatic hydroxyl groups excluding tert-OH is 4. The van der Waals surface area contributed by atoms with Gasteiger partial charge in [-0.25, -0.2) is 0 Å². The molecule has 0 aliphatic carbocycles. The Morgan fingerprint density at radius 1 is 0.485 bits per heavy atom. The van der Waals surface area contributed by atoms with Gasteiger partial charge in [-0.05, 0) is 77.0 Å². The molecule has 4 N–H and O–H groups in total. The minimum Gasteiger partial charge on any atom is -0.457 e. The van der Waals surface area contributed by atoms with Gasteiger partial charge >= 0.3 is 5.97 Å². The molecule has 1 heterocycles. The summed E-state index contributed by atoms with van der Waals surface area (Å²) in [6, 6.07) is 0. The lowest BCUT2D eigenvalue weighted by atomic mass is 9.99. The number of aliphatic hydroxyl groups is 4. The maximum Gasteiger partial charge on any atom is 0.306 e. The molecule has 0 radical (unpaired) electrons. The maximum absolute atomic E-state index is 12.9. The lowest BCUT2D eigenvalue weighted by Gasteiger charge is -2.39. The van der Waals surface area contributed by atoms with Crippen LogP contribution in [0.15, 0.2) is 60.8 Å². The lowest BCUT2D eigenvalue weighted by molar-refractivity contribution is -0.305. The highest BCUT2D eigenvalue weighted by Gasteiger charge is 2.44. The zero-order chi connectivity index (χ0) is 49.2. The van der Waals surface area contributed by atoms with Crippen molar-refractivity contribution in [1.29, 1.82) is 0 Å². The minimum atomic E-state index is -1.54. The highest BCUT2D eigenvalue weighted by Crippen LogP contribution is 2.23. The molecule has 0 aromatic heterocycles. The van der Waals surface area contributed by atoms with Gasteiger partial charge in [0.05, 0.1) is 19.8 Å². The molecule has 0 aromatic carbocycles. The van der Waals surface area contributed by atoms with Crippen molar-refractivity contribution in [1.82, 2.24) is 0 Å². The molecule has 0 aromatic rings. The quantitative estimate of drug-likeness (QED) is 0.0267. The minimum absolute atomic E-state index is 0.118. The molecule has 0 bridgehead atoms. The van der Waals surface area contributed by atoms with Crippen LogP contribution in [0.5, 0.6) is 0 Å². The Kier molecular flexibility index (Phi) is 46.9. The monoisotopic (exact) mass is 959 g/mol. The van der Waals surface area contributed by atoms with Gasteiger partial charge in [0.2, 0.25) is 0 Å². The molecule has 1 saturated heterocycles. The third kappa shape index (κ3) is 39.6. The fourth-order valence-corrected chi connectivity index (χ4v) is 8.54. The highest BCUT2D eigenvalue weighted by atomic mass is 16.7. The molecule has 6 unspecified atom stereocenters. The second kappa shape index (κ2) is 49.9. The van der Waals surface area contributed by atoms with Crippen molar-refractivity contribution < 1.29 is 44.2 Å². The zero-order valence-electron chi connectivity index (χ0n) is 43.9. The summed E-state index contributed by atoms with van der Waals surface area (Å²) in [4.78, 5) is 12.9. The third-order valence-corrected chi connectivity index (χ3v) is 12.9. The van der Waals surface area contributed by atoms with Gasteiger partial charge in [-0.1, -0.05) is 222 Å². The van der Waals surface area contributed by atoms with E-state index in [0.717, 1.165) is 64.2 Å². The molecule has 0 spiro atoms. The van der Waals surface area contributed by atoms with E-state index < -0.39 is 43.4 Å². The van der Waals surface area contributed by atoms with Gasteiger partial charge in [0.1, 0.15) is 30.5 Å². The van der Waals surface area contributed by atoms with E-state index in [-0.39, 0.29) is 19.2 Å². The Hall–Kier alpha value is -2.11. The van der Waals surface area contributed by atoms with Crippen molar-refractivity contribution in [3.8, 4) is 0 Å². The van der Waals surface area contributed by atoms with Crippen molar-refractivity contribution >= 4 is 5.97 Å². The van der Waals surface area contributed by atoms with Crippen LogP contribution < -0.4 is 0 Å². The largest absolute Gasteiger partial charge is 0.457 e. The number of hydrogen-bond acceptors (Lipinski definition) is 9. The fourth-order valence-electron chi connectivity index (χ4n) is 8.54. The standard InChI is InChI=1S/C59H106O9/c1-3-5-7-9-11-13-15-17-19-21-23-25-26-27-29-31-33-35-37-39-41-43-45-47-49-65-51-53(52-66-59-58(64)57(63)56(62)54(50-60)68-59)67-55(61)48-46-44-42-40-38-36-34-32-30-28-24-22-20-18-16-14-12-10-8-6-4-2/h6,8,12,14,18,20-21,23-24,28,53-54,56-60,62-64H,3-5,7,9-11,13,15-17,19,22,25-27,29-52H2,1-2H3/b8-6-,14-12-,20-18-,23-21-,28-24-. The highest BCUT2D eigenvalue weighted by molar-refractivity contribution is 5.69. The fraction of sp³-hybridized carbons (Fsp3) is 0.814. The molecular formula is C59H106O9. The number of rotatable bonds is 49. The van der Waals surface area contributed by atoms with Crippen LogP contribution in [0.25, 0.3) is 0 Å². The van der Waals surface area contributed by atoms with E-state index >= 15 is 0 Å². The van der Waals surface area contributed by atoms with Gasteiger partial charge in [0.15, 0.2) is 6.29 Å². The number of carbonyl (C=O) groups is 1. The molecule has 68 heavy (non-hydrogen) atoms. The van der Waals surface area contributed by atoms with Gasteiger partial charge in [-0.3, -0.25) is 4.79 Å². The van der Waals surface area contributed by atoms with Crippen molar-refractivity contribution in [2.24, 2.45) is 0 Å². The van der Waals surface area contributed by atoms with E-state index in [2.05, 4.69) is 74.6 Å². The first-order chi connectivity index (χ1) is 33.4. The average molecular weight is 959 g/mol. The van der Waals surface area contributed by atoms with Gasteiger partial charge in [0.25, 0.3) is 0 Å². The first-order valence-electron chi connectivity index (χ1n) is 28.4. The van der Waals surface area contributed by atoms with Crippen LogP contribution in [0.4, 0.5) is 0 Å². The van der Waals surface area contributed by atoms with Gasteiger partial charge in [-0.2, -0.15) is 0 Å². The maximum atomic E-state index is 12.9. The second-order valence-corrected chi connectivity index (χ2v) is 19.4. The Morgan fingerprint density at radius 3 is 1.37 bits per heavy atom. The van der Waals surface area contributed by atoms with E-state index in [1.54, 1.807) is 0 Å². The van der Waals surface area contributed by atoms with Gasteiger partial charge < -0.3 is 39.4 Å². The SMILES string of the molecule is CC/C=C\C/C=C\C/C=C\C/C=C\CCCCCCCCCCC(=O)OC(COCCCCCCCCCCCCCC/C=C\CCCCCCCCCC)COC1OC(CO)C(O)C(O)C1O. The summed E-state index contributed by atoms with van der Waals surface area (Å²) in [5, 5.41) is 40.3. The van der Waals surface area contributed by atoms with Gasteiger partial charge in [-0.15, -0.1) is 0 Å². The summed E-state index contributed by atoms with van der Waals surface area (Å²) >= 11 is 0. The van der Waals surface area contributed by atoms with E-state index in [1.807, 2.05) is 0 Å². The van der Waals surface area contributed by atoms with Crippen molar-refractivity contribution in [3.05, 3.63) is 60.8 Å². The summed E-state index contributed by atoms with van der Waals surface area (Å²) in [6.07, 6.45) is 58.3. The van der Waals surface area contributed by atoms with Crippen LogP contribution in [-0.4, -0.2) is 89.6 Å². The number of carbonyl (C=O) groups excluding carboxylic acids is 1.